The molecular formula is C15H23F3N2O. The third-order valence-corrected chi connectivity index (χ3v) is 3.09. The van der Waals surface area contributed by atoms with Gasteiger partial charge in [0.15, 0.2) is 0 Å². The molecule has 0 amide bonds. The summed E-state index contributed by atoms with van der Waals surface area (Å²) in [5.74, 6) is 0.247. The van der Waals surface area contributed by atoms with Gasteiger partial charge in [0, 0.05) is 32.4 Å². The zero-order valence-electron chi connectivity index (χ0n) is 12.7. The van der Waals surface area contributed by atoms with E-state index in [-0.39, 0.29) is 18.2 Å². The number of nitrogens with zero attached hydrogens (tertiary/aromatic N) is 1. The van der Waals surface area contributed by atoms with Crippen LogP contribution in [0.2, 0.25) is 0 Å². The first kappa shape index (κ1) is 17.8. The summed E-state index contributed by atoms with van der Waals surface area (Å²) in [4.78, 5) is 1.72. The smallest absolute Gasteiger partial charge is 0.383 e. The average Bonchev–Trinajstić information content (AvgIpc) is 2.41. The Morgan fingerprint density at radius 3 is 2.43 bits per heavy atom. The number of hydrogen-bond acceptors (Lipinski definition) is 3. The number of nitrogens with two attached hydrogens (primary N) is 1. The van der Waals surface area contributed by atoms with Gasteiger partial charge >= 0.3 is 6.18 Å². The number of alkyl halides is 3. The number of rotatable bonds is 7. The molecule has 120 valence electrons. The van der Waals surface area contributed by atoms with Crippen LogP contribution in [0.5, 0.6) is 0 Å². The van der Waals surface area contributed by atoms with Crippen molar-refractivity contribution in [1.82, 2.24) is 0 Å². The molecule has 2 N–H and O–H groups in total. The lowest BCUT2D eigenvalue weighted by Crippen LogP contribution is -2.32. The summed E-state index contributed by atoms with van der Waals surface area (Å²) in [6.45, 7) is 5.37. The number of halogens is 3. The molecular weight excluding hydrogens is 281 g/mol. The van der Waals surface area contributed by atoms with Gasteiger partial charge in [-0.05, 0) is 23.6 Å². The van der Waals surface area contributed by atoms with E-state index in [1.54, 1.807) is 11.0 Å². The molecule has 0 spiro atoms. The maximum absolute atomic E-state index is 13.3. The van der Waals surface area contributed by atoms with Crippen LogP contribution in [0, 0.1) is 5.92 Å². The van der Waals surface area contributed by atoms with Gasteiger partial charge in [-0.3, -0.25) is 0 Å². The Kier molecular flexibility index (Phi) is 6.48. The van der Waals surface area contributed by atoms with Gasteiger partial charge in [0.1, 0.15) is 0 Å². The largest absolute Gasteiger partial charge is 0.418 e. The van der Waals surface area contributed by atoms with Gasteiger partial charge in [0.25, 0.3) is 0 Å². The molecule has 0 unspecified atom stereocenters. The molecule has 6 heteroatoms. The maximum Gasteiger partial charge on any atom is 0.418 e. The van der Waals surface area contributed by atoms with E-state index in [0.29, 0.717) is 25.3 Å². The van der Waals surface area contributed by atoms with Crippen LogP contribution in [0.1, 0.15) is 25.0 Å². The Morgan fingerprint density at radius 2 is 1.95 bits per heavy atom. The van der Waals surface area contributed by atoms with Gasteiger partial charge < -0.3 is 15.4 Å². The minimum atomic E-state index is -4.40. The summed E-state index contributed by atoms with van der Waals surface area (Å²) < 4.78 is 44.9. The number of anilines is 1. The molecule has 3 nitrogen and oxygen atoms in total. The van der Waals surface area contributed by atoms with Gasteiger partial charge in [-0.2, -0.15) is 13.2 Å². The second-order valence-electron chi connectivity index (χ2n) is 5.39. The van der Waals surface area contributed by atoms with Crippen molar-refractivity contribution in [2.24, 2.45) is 11.7 Å². The second-order valence-corrected chi connectivity index (χ2v) is 5.39. The first-order valence-electron chi connectivity index (χ1n) is 6.93. The van der Waals surface area contributed by atoms with E-state index >= 15 is 0 Å². The predicted molar refractivity (Wildman–Crippen MR) is 78.3 cm³/mol. The fourth-order valence-corrected chi connectivity index (χ4v) is 2.17. The first-order chi connectivity index (χ1) is 9.79. The number of benzene rings is 1. The van der Waals surface area contributed by atoms with Crippen LogP contribution in [0.3, 0.4) is 0 Å². The quantitative estimate of drug-likeness (QED) is 0.840. The number of hydrogen-bond donors (Lipinski definition) is 1. The summed E-state index contributed by atoms with van der Waals surface area (Å²) in [7, 11) is 1.54. The van der Waals surface area contributed by atoms with Crippen molar-refractivity contribution in [3.63, 3.8) is 0 Å². The van der Waals surface area contributed by atoms with Crippen LogP contribution < -0.4 is 10.6 Å². The zero-order valence-corrected chi connectivity index (χ0v) is 12.7. The van der Waals surface area contributed by atoms with Crippen LogP contribution in [-0.2, 0) is 17.5 Å². The lowest BCUT2D eigenvalue weighted by molar-refractivity contribution is -0.137. The normalized spacial score (nSPS) is 12.0. The lowest BCUT2D eigenvalue weighted by atomic mass is 10.1. The Labute approximate surface area is 123 Å². The van der Waals surface area contributed by atoms with E-state index in [2.05, 4.69) is 0 Å². The van der Waals surface area contributed by atoms with E-state index in [1.807, 2.05) is 13.8 Å². The fraction of sp³-hybridized carbons (Fsp3) is 0.600. The molecule has 0 aliphatic rings. The zero-order chi connectivity index (χ0) is 16.0. The summed E-state index contributed by atoms with van der Waals surface area (Å²) in [6.07, 6.45) is -4.40. The highest BCUT2D eigenvalue weighted by molar-refractivity contribution is 5.56. The summed E-state index contributed by atoms with van der Waals surface area (Å²) >= 11 is 0. The van der Waals surface area contributed by atoms with E-state index < -0.39 is 11.7 Å². The maximum atomic E-state index is 13.3. The van der Waals surface area contributed by atoms with Gasteiger partial charge in [0.2, 0.25) is 0 Å². The molecule has 1 aromatic rings. The molecule has 0 atom stereocenters. The monoisotopic (exact) mass is 304 g/mol. The van der Waals surface area contributed by atoms with Crippen molar-refractivity contribution in [3.05, 3.63) is 29.3 Å². The van der Waals surface area contributed by atoms with Crippen molar-refractivity contribution in [3.8, 4) is 0 Å². The predicted octanol–water partition coefficient (Wildman–Crippen LogP) is 3.27. The van der Waals surface area contributed by atoms with Crippen LogP contribution >= 0.6 is 0 Å². The second kappa shape index (κ2) is 7.66. The molecule has 0 aromatic heterocycles. The van der Waals surface area contributed by atoms with Crippen LogP contribution in [0.25, 0.3) is 0 Å². The summed E-state index contributed by atoms with van der Waals surface area (Å²) in [6, 6.07) is 4.28. The van der Waals surface area contributed by atoms with Crippen LogP contribution in [-0.4, -0.2) is 26.8 Å². The topological polar surface area (TPSA) is 38.5 Å². The molecule has 0 fully saturated rings. The minimum Gasteiger partial charge on any atom is -0.383 e. The Bertz CT molecular complexity index is 447. The molecule has 1 aromatic carbocycles. The SMILES string of the molecule is COCCN(CC(C)C)c1ccc(CN)cc1C(F)(F)F. The Balaban J connectivity index is 3.21. The third-order valence-electron chi connectivity index (χ3n) is 3.09. The highest BCUT2D eigenvalue weighted by Crippen LogP contribution is 2.37. The van der Waals surface area contributed by atoms with Crippen LogP contribution in [0.15, 0.2) is 18.2 Å². The van der Waals surface area contributed by atoms with Crippen molar-refractivity contribution >= 4 is 5.69 Å². The summed E-state index contributed by atoms with van der Waals surface area (Å²) in [5.41, 5.74) is 5.47. The average molecular weight is 304 g/mol. The van der Waals surface area contributed by atoms with Gasteiger partial charge in [0.05, 0.1) is 12.2 Å². The van der Waals surface area contributed by atoms with E-state index in [9.17, 15) is 13.2 Å². The molecule has 21 heavy (non-hydrogen) atoms. The van der Waals surface area contributed by atoms with Crippen molar-refractivity contribution in [1.29, 1.82) is 0 Å². The van der Waals surface area contributed by atoms with Gasteiger partial charge in [-0.1, -0.05) is 19.9 Å². The molecule has 0 saturated heterocycles. The molecule has 0 aliphatic carbocycles. The molecule has 0 saturated carbocycles. The molecule has 0 heterocycles. The van der Waals surface area contributed by atoms with Crippen LogP contribution in [0.4, 0.5) is 18.9 Å². The molecule has 0 aliphatic heterocycles. The third kappa shape index (κ3) is 5.21. The molecule has 1 rings (SSSR count). The number of ether oxygens (including phenoxy) is 1. The van der Waals surface area contributed by atoms with Crippen molar-refractivity contribution in [2.75, 3.05) is 31.7 Å². The van der Waals surface area contributed by atoms with Gasteiger partial charge in [-0.25, -0.2) is 0 Å². The Morgan fingerprint density at radius 1 is 1.29 bits per heavy atom. The fourth-order valence-electron chi connectivity index (χ4n) is 2.17. The lowest BCUT2D eigenvalue weighted by Gasteiger charge is -2.29. The highest BCUT2D eigenvalue weighted by Gasteiger charge is 2.35. The highest BCUT2D eigenvalue weighted by atomic mass is 19.4. The van der Waals surface area contributed by atoms with Crippen molar-refractivity contribution in [2.45, 2.75) is 26.6 Å². The van der Waals surface area contributed by atoms with E-state index in [0.717, 1.165) is 6.07 Å². The minimum absolute atomic E-state index is 0.0889. The Hall–Kier alpha value is -1.27. The number of methoxy groups -OCH3 is 1. The molecule has 0 radical (unpaired) electrons. The summed E-state index contributed by atoms with van der Waals surface area (Å²) in [5, 5.41) is 0. The van der Waals surface area contributed by atoms with Crippen molar-refractivity contribution < 1.29 is 17.9 Å². The van der Waals surface area contributed by atoms with E-state index in [1.165, 1.54) is 13.2 Å². The standard InChI is InChI=1S/C15H23F3N2O/c1-11(2)10-20(6-7-21-3)14-5-4-12(9-19)8-13(14)15(16,17)18/h4-5,8,11H,6-7,9-10,19H2,1-3H3. The van der Waals surface area contributed by atoms with Gasteiger partial charge in [-0.15, -0.1) is 0 Å². The first-order valence-corrected chi connectivity index (χ1v) is 6.93. The van der Waals surface area contributed by atoms with E-state index in [4.69, 9.17) is 10.5 Å². The molecule has 0 bridgehead atoms.